The van der Waals surface area contributed by atoms with Gasteiger partial charge in [0.05, 0.1) is 18.6 Å². The Morgan fingerprint density at radius 1 is 1.06 bits per heavy atom. The number of para-hydroxylation sites is 2. The number of amides is 1. The number of thiazole rings is 1. The van der Waals surface area contributed by atoms with E-state index in [1.807, 2.05) is 24.4 Å². The third-order valence-corrected chi connectivity index (χ3v) is 5.27. The van der Waals surface area contributed by atoms with Gasteiger partial charge in [0.25, 0.3) is 5.91 Å². The van der Waals surface area contributed by atoms with Gasteiger partial charge >= 0.3 is 0 Å². The summed E-state index contributed by atoms with van der Waals surface area (Å²) in [5.41, 5.74) is 1.94. The van der Waals surface area contributed by atoms with Crippen molar-refractivity contribution in [3.63, 3.8) is 0 Å². The Morgan fingerprint density at radius 3 is 2.39 bits per heavy atom. The molecule has 1 heterocycles. The van der Waals surface area contributed by atoms with Crippen LogP contribution in [-0.4, -0.2) is 38.8 Å². The molecule has 8 nitrogen and oxygen atoms in total. The largest absolute Gasteiger partial charge is 0.490 e. The first-order valence-corrected chi connectivity index (χ1v) is 12.3. The van der Waals surface area contributed by atoms with Crippen LogP contribution in [0, 0.1) is 0 Å². The Bertz CT molecular complexity index is 1130. The van der Waals surface area contributed by atoms with Crippen molar-refractivity contribution in [2.75, 3.05) is 29.5 Å². The predicted octanol–water partition coefficient (Wildman–Crippen LogP) is 3.99. The van der Waals surface area contributed by atoms with E-state index in [1.165, 1.54) is 11.3 Å². The summed E-state index contributed by atoms with van der Waals surface area (Å²) in [7, 11) is -3.33. The van der Waals surface area contributed by atoms with Crippen molar-refractivity contribution < 1.29 is 22.7 Å². The first-order valence-electron chi connectivity index (χ1n) is 9.52. The summed E-state index contributed by atoms with van der Waals surface area (Å²) >= 11 is 1.29. The zero-order chi connectivity index (χ0) is 22.3. The van der Waals surface area contributed by atoms with Crippen LogP contribution in [0.25, 0.3) is 11.3 Å². The van der Waals surface area contributed by atoms with E-state index in [0.29, 0.717) is 34.6 Å². The van der Waals surface area contributed by atoms with Gasteiger partial charge in [0.15, 0.2) is 23.2 Å². The summed E-state index contributed by atoms with van der Waals surface area (Å²) in [6.07, 6.45) is 1.97. The number of hydrogen-bond donors (Lipinski definition) is 2. The maximum absolute atomic E-state index is 12.3. The normalized spacial score (nSPS) is 11.0. The molecule has 0 fully saturated rings. The monoisotopic (exact) mass is 461 g/mol. The highest BCUT2D eigenvalue weighted by Crippen LogP contribution is 2.28. The lowest BCUT2D eigenvalue weighted by Crippen LogP contribution is -2.20. The molecular formula is C21H23N3O5S2. The van der Waals surface area contributed by atoms with Crippen LogP contribution in [0.4, 0.5) is 10.8 Å². The Balaban J connectivity index is 1.57. The van der Waals surface area contributed by atoms with Gasteiger partial charge in [-0.2, -0.15) is 0 Å². The van der Waals surface area contributed by atoms with E-state index in [0.717, 1.165) is 18.2 Å². The van der Waals surface area contributed by atoms with Crippen molar-refractivity contribution in [1.29, 1.82) is 0 Å². The van der Waals surface area contributed by atoms with Crippen LogP contribution in [-0.2, 0) is 14.8 Å². The third-order valence-electron chi connectivity index (χ3n) is 3.90. The fraction of sp³-hybridized carbons (Fsp3) is 0.238. The Labute approximate surface area is 185 Å². The van der Waals surface area contributed by atoms with Gasteiger partial charge in [-0.1, -0.05) is 31.2 Å². The van der Waals surface area contributed by atoms with Gasteiger partial charge in [-0.25, -0.2) is 13.4 Å². The average Bonchev–Trinajstić information content (AvgIpc) is 3.19. The number of benzene rings is 2. The molecule has 3 aromatic rings. The summed E-state index contributed by atoms with van der Waals surface area (Å²) in [4.78, 5) is 16.7. The number of carbonyl (C=O) groups is 1. The maximum atomic E-state index is 12.3. The van der Waals surface area contributed by atoms with Crippen molar-refractivity contribution in [2.45, 2.75) is 13.3 Å². The number of rotatable bonds is 10. The maximum Gasteiger partial charge on any atom is 0.264 e. The first-order chi connectivity index (χ1) is 14.8. The summed E-state index contributed by atoms with van der Waals surface area (Å²) in [5, 5.41) is 4.97. The molecule has 0 saturated carbocycles. The van der Waals surface area contributed by atoms with Crippen LogP contribution in [0.3, 0.4) is 0 Å². The second-order valence-electron chi connectivity index (χ2n) is 6.62. The highest BCUT2D eigenvalue weighted by molar-refractivity contribution is 7.92. The number of anilines is 2. The molecule has 0 atom stereocenters. The number of sulfonamides is 1. The van der Waals surface area contributed by atoms with Crippen LogP contribution in [0.5, 0.6) is 11.5 Å². The van der Waals surface area contributed by atoms with Gasteiger partial charge in [-0.05, 0) is 30.7 Å². The van der Waals surface area contributed by atoms with Crippen LogP contribution in [0.2, 0.25) is 0 Å². The van der Waals surface area contributed by atoms with Crippen molar-refractivity contribution in [3.8, 4) is 22.8 Å². The van der Waals surface area contributed by atoms with E-state index in [1.54, 1.807) is 36.4 Å². The molecule has 2 N–H and O–H groups in total. The summed E-state index contributed by atoms with van der Waals surface area (Å²) < 4.78 is 36.2. The summed E-state index contributed by atoms with van der Waals surface area (Å²) in [6, 6.07) is 14.0. The Hall–Kier alpha value is -3.11. The zero-order valence-corrected chi connectivity index (χ0v) is 18.8. The molecule has 31 heavy (non-hydrogen) atoms. The minimum atomic E-state index is -3.33. The molecule has 0 spiro atoms. The number of carbonyl (C=O) groups excluding carboxylic acids is 1. The molecule has 0 unspecified atom stereocenters. The average molecular weight is 462 g/mol. The third kappa shape index (κ3) is 6.97. The highest BCUT2D eigenvalue weighted by Gasteiger charge is 2.11. The molecule has 3 rings (SSSR count). The van der Waals surface area contributed by atoms with E-state index in [-0.39, 0.29) is 12.5 Å². The van der Waals surface area contributed by atoms with Crippen molar-refractivity contribution in [3.05, 3.63) is 53.9 Å². The van der Waals surface area contributed by atoms with Crippen molar-refractivity contribution >= 4 is 38.1 Å². The van der Waals surface area contributed by atoms with Crippen molar-refractivity contribution in [2.24, 2.45) is 0 Å². The highest BCUT2D eigenvalue weighted by atomic mass is 32.2. The van der Waals surface area contributed by atoms with E-state index < -0.39 is 10.0 Å². The van der Waals surface area contributed by atoms with E-state index in [2.05, 4.69) is 15.0 Å². The minimum absolute atomic E-state index is 0.173. The molecule has 0 aliphatic rings. The van der Waals surface area contributed by atoms with Gasteiger partial charge in [-0.3, -0.25) is 14.8 Å². The number of aromatic nitrogens is 1. The Kier molecular flexibility index (Phi) is 7.48. The second kappa shape index (κ2) is 10.3. The lowest BCUT2D eigenvalue weighted by molar-refractivity contribution is -0.118. The molecule has 164 valence electrons. The molecule has 0 radical (unpaired) electrons. The van der Waals surface area contributed by atoms with Gasteiger partial charge < -0.3 is 9.47 Å². The smallest absolute Gasteiger partial charge is 0.264 e. The number of nitrogens with one attached hydrogen (secondary N) is 2. The SMILES string of the molecule is CCCOc1ccccc1OCC(=O)Nc1nc(-c2ccc(NS(C)(=O)=O)cc2)cs1. The van der Waals surface area contributed by atoms with Crippen LogP contribution < -0.4 is 19.5 Å². The van der Waals surface area contributed by atoms with Gasteiger partial charge in [0, 0.05) is 16.6 Å². The lowest BCUT2D eigenvalue weighted by atomic mass is 10.1. The quantitative estimate of drug-likeness (QED) is 0.473. The van der Waals surface area contributed by atoms with E-state index in [4.69, 9.17) is 9.47 Å². The topological polar surface area (TPSA) is 107 Å². The number of nitrogens with zero attached hydrogens (tertiary/aromatic N) is 1. The van der Waals surface area contributed by atoms with E-state index in [9.17, 15) is 13.2 Å². The molecule has 0 saturated heterocycles. The summed E-state index contributed by atoms with van der Waals surface area (Å²) in [6.45, 7) is 2.41. The van der Waals surface area contributed by atoms with Crippen LogP contribution in [0.15, 0.2) is 53.9 Å². The summed E-state index contributed by atoms with van der Waals surface area (Å²) in [5.74, 6) is 0.773. The molecular weight excluding hydrogens is 438 g/mol. The second-order valence-corrected chi connectivity index (χ2v) is 9.23. The molecule has 10 heteroatoms. The fourth-order valence-corrected chi connectivity index (χ4v) is 3.89. The number of hydrogen-bond acceptors (Lipinski definition) is 7. The Morgan fingerprint density at radius 2 is 1.74 bits per heavy atom. The van der Waals surface area contributed by atoms with Gasteiger partial charge in [0.1, 0.15) is 0 Å². The lowest BCUT2D eigenvalue weighted by Gasteiger charge is -2.11. The molecule has 1 aromatic heterocycles. The molecule has 1 amide bonds. The molecule has 2 aromatic carbocycles. The molecule has 0 aliphatic carbocycles. The van der Waals surface area contributed by atoms with E-state index >= 15 is 0 Å². The van der Waals surface area contributed by atoms with Crippen molar-refractivity contribution in [1.82, 2.24) is 4.98 Å². The van der Waals surface area contributed by atoms with Gasteiger partial charge in [0.2, 0.25) is 10.0 Å². The molecule has 0 bridgehead atoms. The predicted molar refractivity (Wildman–Crippen MR) is 122 cm³/mol. The standard InChI is InChI=1S/C21H23N3O5S2/c1-3-12-28-18-6-4-5-7-19(18)29-13-20(25)23-21-22-17(14-30-21)15-8-10-16(11-9-15)24-31(2,26)27/h4-11,14,24H,3,12-13H2,1-2H3,(H,22,23,25). The first kappa shape index (κ1) is 22.6. The van der Waals surface area contributed by atoms with Crippen LogP contribution >= 0.6 is 11.3 Å². The zero-order valence-electron chi connectivity index (χ0n) is 17.1. The fourth-order valence-electron chi connectivity index (χ4n) is 2.59. The van der Waals surface area contributed by atoms with Crippen LogP contribution in [0.1, 0.15) is 13.3 Å². The molecule has 0 aliphatic heterocycles. The minimum Gasteiger partial charge on any atom is -0.490 e. The number of ether oxygens (including phenoxy) is 2. The van der Waals surface area contributed by atoms with Gasteiger partial charge in [-0.15, -0.1) is 11.3 Å².